The number of alkyl carbamates (subject to hydrolysis) is 1. The molecule has 0 radical (unpaired) electrons. The minimum absolute atomic E-state index is 0.00663. The fourth-order valence-corrected chi connectivity index (χ4v) is 2.33. The molecule has 0 unspecified atom stereocenters. The number of nitrogens with one attached hydrogen (secondary N) is 1. The van der Waals surface area contributed by atoms with Gasteiger partial charge >= 0.3 is 6.09 Å². The predicted octanol–water partition coefficient (Wildman–Crippen LogP) is 1.63. The molecule has 1 aliphatic heterocycles. The third-order valence-corrected chi connectivity index (χ3v) is 3.36. The van der Waals surface area contributed by atoms with Crippen molar-refractivity contribution >= 4 is 12.0 Å². The van der Waals surface area contributed by atoms with E-state index in [1.165, 1.54) is 0 Å². The first kappa shape index (κ1) is 17.8. The topological polar surface area (TPSA) is 84.7 Å². The van der Waals surface area contributed by atoms with Gasteiger partial charge in [0.15, 0.2) is 0 Å². The van der Waals surface area contributed by atoms with Crippen LogP contribution in [0.2, 0.25) is 0 Å². The number of unbranched alkanes of at least 4 members (excludes halogenated alkanes) is 2. The van der Waals surface area contributed by atoms with Gasteiger partial charge in [-0.2, -0.15) is 0 Å². The summed E-state index contributed by atoms with van der Waals surface area (Å²) in [5, 5.41) is 2.83. The molecular weight excluding hydrogens is 270 g/mol. The molecule has 122 valence electrons. The first-order valence-corrected chi connectivity index (χ1v) is 7.79. The summed E-state index contributed by atoms with van der Waals surface area (Å²) < 4.78 is 5.22. The number of rotatable bonds is 6. The minimum atomic E-state index is -0.499. The molecule has 0 saturated carbocycles. The van der Waals surface area contributed by atoms with E-state index in [1.54, 1.807) is 0 Å². The third kappa shape index (κ3) is 7.32. The molecule has 6 nitrogen and oxygen atoms in total. The molecule has 1 fully saturated rings. The highest BCUT2D eigenvalue weighted by Gasteiger charge is 2.28. The summed E-state index contributed by atoms with van der Waals surface area (Å²) in [5.74, 6) is 0.167. The number of likely N-dealkylation sites (tertiary alicyclic amines) is 1. The van der Waals surface area contributed by atoms with E-state index in [2.05, 4.69) is 5.32 Å². The van der Waals surface area contributed by atoms with Crippen LogP contribution in [0.15, 0.2) is 0 Å². The standard InChI is InChI=1S/C15H29N3O3/c1-15(2,3)21-14(20)17-12-8-10-18(11-12)13(19)7-5-4-6-9-16/h12H,4-11,16H2,1-3H3,(H,17,20)/t12-/m0/s1. The summed E-state index contributed by atoms with van der Waals surface area (Å²) in [6, 6.07) is -0.00663. The molecule has 21 heavy (non-hydrogen) atoms. The summed E-state index contributed by atoms with van der Waals surface area (Å²) >= 11 is 0. The van der Waals surface area contributed by atoms with E-state index in [0.29, 0.717) is 26.1 Å². The van der Waals surface area contributed by atoms with Crippen molar-refractivity contribution in [2.75, 3.05) is 19.6 Å². The van der Waals surface area contributed by atoms with Crippen LogP contribution >= 0.6 is 0 Å². The zero-order valence-corrected chi connectivity index (χ0v) is 13.5. The zero-order chi connectivity index (χ0) is 15.9. The van der Waals surface area contributed by atoms with Crippen LogP contribution in [0.25, 0.3) is 0 Å². The SMILES string of the molecule is CC(C)(C)OC(=O)N[C@H]1CCN(C(=O)CCCCCN)C1. The second-order valence-electron chi connectivity index (χ2n) is 6.57. The number of carbonyl (C=O) groups is 2. The Kier molecular flexibility index (Phi) is 6.95. The molecule has 0 aliphatic carbocycles. The van der Waals surface area contributed by atoms with Crippen LogP contribution in [0.3, 0.4) is 0 Å². The van der Waals surface area contributed by atoms with Gasteiger partial charge in [0.25, 0.3) is 0 Å². The van der Waals surface area contributed by atoms with E-state index in [1.807, 2.05) is 25.7 Å². The summed E-state index contributed by atoms with van der Waals surface area (Å²) in [4.78, 5) is 25.5. The lowest BCUT2D eigenvalue weighted by Gasteiger charge is -2.22. The van der Waals surface area contributed by atoms with E-state index in [-0.39, 0.29) is 11.9 Å². The monoisotopic (exact) mass is 299 g/mol. The largest absolute Gasteiger partial charge is 0.444 e. The van der Waals surface area contributed by atoms with Crippen LogP contribution in [-0.4, -0.2) is 48.2 Å². The van der Waals surface area contributed by atoms with Gasteiger partial charge in [-0.05, 0) is 46.6 Å². The smallest absolute Gasteiger partial charge is 0.407 e. The van der Waals surface area contributed by atoms with E-state index >= 15 is 0 Å². The van der Waals surface area contributed by atoms with Crippen molar-refractivity contribution < 1.29 is 14.3 Å². The number of hydrogen-bond acceptors (Lipinski definition) is 4. The molecule has 2 amide bonds. The summed E-state index contributed by atoms with van der Waals surface area (Å²) in [6.45, 7) is 7.46. The highest BCUT2D eigenvalue weighted by Crippen LogP contribution is 2.14. The second-order valence-corrected chi connectivity index (χ2v) is 6.57. The summed E-state index contributed by atoms with van der Waals surface area (Å²) in [5.41, 5.74) is 4.93. The van der Waals surface area contributed by atoms with E-state index in [0.717, 1.165) is 25.7 Å². The lowest BCUT2D eigenvalue weighted by molar-refractivity contribution is -0.130. The van der Waals surface area contributed by atoms with Crippen LogP contribution < -0.4 is 11.1 Å². The molecule has 1 aliphatic rings. The maximum Gasteiger partial charge on any atom is 0.407 e. The molecule has 3 N–H and O–H groups in total. The molecular formula is C15H29N3O3. The van der Waals surface area contributed by atoms with Gasteiger partial charge in [0, 0.05) is 19.5 Å². The van der Waals surface area contributed by atoms with Crippen molar-refractivity contribution in [3.63, 3.8) is 0 Å². The molecule has 0 aromatic rings. The maximum atomic E-state index is 12.0. The Morgan fingerprint density at radius 2 is 2.00 bits per heavy atom. The van der Waals surface area contributed by atoms with Gasteiger partial charge in [0.2, 0.25) is 5.91 Å². The van der Waals surface area contributed by atoms with Crippen LogP contribution in [0, 0.1) is 0 Å². The van der Waals surface area contributed by atoms with Crippen molar-refractivity contribution in [3.8, 4) is 0 Å². The Hall–Kier alpha value is -1.30. The Balaban J connectivity index is 2.25. The van der Waals surface area contributed by atoms with Gasteiger partial charge in [-0.15, -0.1) is 0 Å². The minimum Gasteiger partial charge on any atom is -0.444 e. The van der Waals surface area contributed by atoms with Gasteiger partial charge in [0.05, 0.1) is 6.04 Å². The zero-order valence-electron chi connectivity index (χ0n) is 13.5. The number of amides is 2. The molecule has 1 rings (SSSR count). The quantitative estimate of drug-likeness (QED) is 0.730. The van der Waals surface area contributed by atoms with Gasteiger partial charge < -0.3 is 20.7 Å². The maximum absolute atomic E-state index is 12.0. The molecule has 1 atom stereocenters. The van der Waals surface area contributed by atoms with Crippen molar-refractivity contribution in [3.05, 3.63) is 0 Å². The van der Waals surface area contributed by atoms with Crippen molar-refractivity contribution in [1.29, 1.82) is 0 Å². The predicted molar refractivity (Wildman–Crippen MR) is 81.9 cm³/mol. The molecule has 1 heterocycles. The average molecular weight is 299 g/mol. The third-order valence-electron chi connectivity index (χ3n) is 3.36. The first-order valence-electron chi connectivity index (χ1n) is 7.79. The van der Waals surface area contributed by atoms with E-state index in [4.69, 9.17) is 10.5 Å². The Bertz CT molecular complexity index is 353. The Morgan fingerprint density at radius 1 is 1.29 bits per heavy atom. The molecule has 1 saturated heterocycles. The molecule has 0 bridgehead atoms. The number of hydrogen-bond donors (Lipinski definition) is 2. The highest BCUT2D eigenvalue weighted by molar-refractivity contribution is 5.76. The van der Waals surface area contributed by atoms with Gasteiger partial charge in [-0.1, -0.05) is 6.42 Å². The van der Waals surface area contributed by atoms with E-state index < -0.39 is 11.7 Å². The van der Waals surface area contributed by atoms with Crippen LogP contribution in [0.4, 0.5) is 4.79 Å². The van der Waals surface area contributed by atoms with Crippen molar-refractivity contribution in [1.82, 2.24) is 10.2 Å². The molecule has 0 spiro atoms. The van der Waals surface area contributed by atoms with E-state index in [9.17, 15) is 9.59 Å². The van der Waals surface area contributed by atoms with Crippen molar-refractivity contribution in [2.24, 2.45) is 5.73 Å². The van der Waals surface area contributed by atoms with Crippen molar-refractivity contribution in [2.45, 2.75) is 64.5 Å². The first-order chi connectivity index (χ1) is 9.81. The number of nitrogens with two attached hydrogens (primary N) is 1. The van der Waals surface area contributed by atoms with Crippen LogP contribution in [0.1, 0.15) is 52.9 Å². The summed E-state index contributed by atoms with van der Waals surface area (Å²) in [6.07, 6.45) is 3.79. The second kappa shape index (κ2) is 8.22. The number of ether oxygens (including phenoxy) is 1. The fourth-order valence-electron chi connectivity index (χ4n) is 2.33. The van der Waals surface area contributed by atoms with Crippen LogP contribution in [-0.2, 0) is 9.53 Å². The van der Waals surface area contributed by atoms with Crippen LogP contribution in [0.5, 0.6) is 0 Å². The number of carbonyl (C=O) groups excluding carboxylic acids is 2. The Morgan fingerprint density at radius 3 is 2.62 bits per heavy atom. The normalized spacial score (nSPS) is 18.7. The van der Waals surface area contributed by atoms with Gasteiger partial charge in [0.1, 0.15) is 5.60 Å². The average Bonchev–Trinajstić information content (AvgIpc) is 2.80. The fraction of sp³-hybridized carbons (Fsp3) is 0.867. The Labute approximate surface area is 127 Å². The number of nitrogens with zero attached hydrogens (tertiary/aromatic N) is 1. The molecule has 0 aromatic carbocycles. The molecule has 6 heteroatoms. The van der Waals surface area contributed by atoms with Gasteiger partial charge in [-0.3, -0.25) is 4.79 Å². The van der Waals surface area contributed by atoms with Gasteiger partial charge in [-0.25, -0.2) is 4.79 Å². The lowest BCUT2D eigenvalue weighted by Crippen LogP contribution is -2.41. The molecule has 0 aromatic heterocycles. The lowest BCUT2D eigenvalue weighted by atomic mass is 10.2. The highest BCUT2D eigenvalue weighted by atomic mass is 16.6. The summed E-state index contributed by atoms with van der Waals surface area (Å²) in [7, 11) is 0.